The zero-order chi connectivity index (χ0) is 11.4. The van der Waals surface area contributed by atoms with Crippen LogP contribution in [-0.2, 0) is 0 Å². The second-order valence-electron chi connectivity index (χ2n) is 3.48. The first-order valence-corrected chi connectivity index (χ1v) is 6.87. The summed E-state index contributed by atoms with van der Waals surface area (Å²) in [6.45, 7) is 1.87. The number of thiophene rings is 2. The Hall–Kier alpha value is -0.860. The number of nitrogens with one attached hydrogen (secondary N) is 1. The van der Waals surface area contributed by atoms with E-state index in [4.69, 9.17) is 5.84 Å². The molecule has 2 heterocycles. The molecule has 0 aliphatic heterocycles. The van der Waals surface area contributed by atoms with E-state index in [1.165, 1.54) is 14.3 Å². The van der Waals surface area contributed by atoms with Crippen molar-refractivity contribution >= 4 is 32.1 Å². The number of hydrogen-bond acceptors (Lipinski definition) is 4. The minimum absolute atomic E-state index is 0.227. The van der Waals surface area contributed by atoms with Gasteiger partial charge in [0.2, 0.25) is 0 Å². The first-order chi connectivity index (χ1) is 7.85. The molecule has 0 aliphatic carbocycles. The largest absolute Gasteiger partial charge is 0.271 e. The third-order valence-electron chi connectivity index (χ3n) is 2.44. The van der Waals surface area contributed by atoms with Crippen LogP contribution in [0.2, 0.25) is 0 Å². The van der Waals surface area contributed by atoms with Crippen molar-refractivity contribution in [1.82, 2.24) is 5.43 Å². The van der Waals surface area contributed by atoms with Crippen LogP contribution in [0.25, 0.3) is 9.40 Å². The Morgan fingerprint density at radius 1 is 1.50 bits per heavy atom. The molecule has 0 aliphatic rings. The molecule has 2 aromatic heterocycles. The van der Waals surface area contributed by atoms with Crippen LogP contribution in [-0.4, -0.2) is 0 Å². The molecule has 0 bridgehead atoms. The van der Waals surface area contributed by atoms with Gasteiger partial charge in [0.05, 0.1) is 6.04 Å². The van der Waals surface area contributed by atoms with E-state index in [2.05, 4.69) is 34.8 Å². The smallest absolute Gasteiger partial charge is 0.0563 e. The van der Waals surface area contributed by atoms with Gasteiger partial charge in [-0.2, -0.15) is 0 Å². The van der Waals surface area contributed by atoms with Crippen molar-refractivity contribution < 1.29 is 0 Å². The second kappa shape index (κ2) is 5.46. The molecular weight excluding hydrogens is 236 g/mol. The van der Waals surface area contributed by atoms with Gasteiger partial charge in [0.15, 0.2) is 0 Å². The third kappa shape index (κ3) is 2.45. The monoisotopic (exact) mass is 250 g/mol. The summed E-state index contributed by atoms with van der Waals surface area (Å²) in [7, 11) is 0. The molecule has 0 amide bonds. The molecule has 16 heavy (non-hydrogen) atoms. The number of rotatable bonds is 4. The van der Waals surface area contributed by atoms with Gasteiger partial charge in [0.1, 0.15) is 0 Å². The highest BCUT2D eigenvalue weighted by atomic mass is 32.1. The van der Waals surface area contributed by atoms with Crippen molar-refractivity contribution in [3.63, 3.8) is 0 Å². The number of nitrogens with two attached hydrogens (primary N) is 1. The molecule has 0 spiro atoms. The van der Waals surface area contributed by atoms with Crippen LogP contribution < -0.4 is 11.3 Å². The van der Waals surface area contributed by atoms with E-state index >= 15 is 0 Å². The standard InChI is InChI=1S/C12H14N2S2/c1-2-3-4-5-9(14-13)11-8-12-10(16-11)6-7-15-12/h6-9,14H,4-5,13H2,1H3. The second-order valence-corrected chi connectivity index (χ2v) is 5.55. The summed E-state index contributed by atoms with van der Waals surface area (Å²) in [5, 5.41) is 2.12. The highest BCUT2D eigenvalue weighted by molar-refractivity contribution is 7.26. The van der Waals surface area contributed by atoms with E-state index in [-0.39, 0.29) is 6.04 Å². The SMILES string of the molecule is CC#CCCC(NN)c1cc2sccc2s1. The van der Waals surface area contributed by atoms with Crippen molar-refractivity contribution in [2.24, 2.45) is 5.84 Å². The quantitative estimate of drug-likeness (QED) is 0.496. The predicted octanol–water partition coefficient (Wildman–Crippen LogP) is 3.27. The fourth-order valence-corrected chi connectivity index (χ4v) is 3.82. The fourth-order valence-electron chi connectivity index (χ4n) is 1.61. The minimum Gasteiger partial charge on any atom is -0.271 e. The minimum atomic E-state index is 0.227. The molecule has 3 N–H and O–H groups in total. The number of hydrazine groups is 1. The van der Waals surface area contributed by atoms with Crippen LogP contribution >= 0.6 is 22.7 Å². The van der Waals surface area contributed by atoms with E-state index < -0.39 is 0 Å². The van der Waals surface area contributed by atoms with E-state index in [1.807, 2.05) is 18.3 Å². The molecule has 2 nitrogen and oxygen atoms in total. The Bertz CT molecular complexity index is 487. The summed E-state index contributed by atoms with van der Waals surface area (Å²) in [5.74, 6) is 11.6. The summed E-state index contributed by atoms with van der Waals surface area (Å²) in [6, 6.07) is 4.62. The molecule has 1 atom stereocenters. The highest BCUT2D eigenvalue weighted by Gasteiger charge is 2.12. The van der Waals surface area contributed by atoms with Crippen LogP contribution in [0, 0.1) is 11.8 Å². The molecule has 0 fully saturated rings. The molecule has 4 heteroatoms. The van der Waals surface area contributed by atoms with E-state index in [0.717, 1.165) is 12.8 Å². The Labute approximate surface area is 103 Å². The van der Waals surface area contributed by atoms with Crippen LogP contribution in [0.3, 0.4) is 0 Å². The lowest BCUT2D eigenvalue weighted by molar-refractivity contribution is 0.532. The van der Waals surface area contributed by atoms with Gasteiger partial charge in [-0.15, -0.1) is 34.5 Å². The first-order valence-electron chi connectivity index (χ1n) is 5.18. The molecule has 0 radical (unpaired) electrons. The van der Waals surface area contributed by atoms with E-state index in [0.29, 0.717) is 0 Å². The van der Waals surface area contributed by atoms with E-state index in [1.54, 1.807) is 11.3 Å². The number of hydrogen-bond donors (Lipinski definition) is 2. The number of fused-ring (bicyclic) bond motifs is 1. The first kappa shape index (κ1) is 11.6. The van der Waals surface area contributed by atoms with Gasteiger partial charge in [0.25, 0.3) is 0 Å². The Kier molecular flexibility index (Phi) is 3.97. The molecule has 1 unspecified atom stereocenters. The van der Waals surface area contributed by atoms with Crippen molar-refractivity contribution in [3.05, 3.63) is 22.4 Å². The topological polar surface area (TPSA) is 38.0 Å². The predicted molar refractivity (Wildman–Crippen MR) is 72.5 cm³/mol. The molecule has 84 valence electrons. The zero-order valence-electron chi connectivity index (χ0n) is 9.12. The average molecular weight is 250 g/mol. The Balaban J connectivity index is 2.13. The maximum absolute atomic E-state index is 5.59. The molecule has 0 saturated carbocycles. The lowest BCUT2D eigenvalue weighted by Gasteiger charge is -2.11. The normalized spacial score (nSPS) is 12.4. The fraction of sp³-hybridized carbons (Fsp3) is 0.333. The Morgan fingerprint density at radius 2 is 2.38 bits per heavy atom. The van der Waals surface area contributed by atoms with Crippen molar-refractivity contribution in [3.8, 4) is 11.8 Å². The maximum atomic E-state index is 5.59. The van der Waals surface area contributed by atoms with Gasteiger partial charge < -0.3 is 0 Å². The lowest BCUT2D eigenvalue weighted by Crippen LogP contribution is -2.27. The van der Waals surface area contributed by atoms with Gasteiger partial charge in [-0.3, -0.25) is 11.3 Å². The van der Waals surface area contributed by atoms with Crippen molar-refractivity contribution in [2.45, 2.75) is 25.8 Å². The van der Waals surface area contributed by atoms with Gasteiger partial charge in [-0.1, -0.05) is 0 Å². The van der Waals surface area contributed by atoms with Gasteiger partial charge in [0, 0.05) is 20.7 Å². The van der Waals surface area contributed by atoms with Gasteiger partial charge in [-0.25, -0.2) is 0 Å². The van der Waals surface area contributed by atoms with Crippen molar-refractivity contribution in [2.75, 3.05) is 0 Å². The summed E-state index contributed by atoms with van der Waals surface area (Å²) in [6.07, 6.45) is 1.85. The van der Waals surface area contributed by atoms with Crippen LogP contribution in [0.1, 0.15) is 30.7 Å². The summed E-state index contributed by atoms with van der Waals surface area (Å²) in [5.41, 5.74) is 2.88. The van der Waals surface area contributed by atoms with Gasteiger partial charge in [-0.05, 0) is 30.9 Å². The van der Waals surface area contributed by atoms with E-state index in [9.17, 15) is 0 Å². The average Bonchev–Trinajstić information content (AvgIpc) is 2.84. The summed E-state index contributed by atoms with van der Waals surface area (Å²) in [4.78, 5) is 1.31. The maximum Gasteiger partial charge on any atom is 0.0563 e. The van der Waals surface area contributed by atoms with Crippen LogP contribution in [0.4, 0.5) is 0 Å². The van der Waals surface area contributed by atoms with Gasteiger partial charge >= 0.3 is 0 Å². The zero-order valence-corrected chi connectivity index (χ0v) is 10.8. The van der Waals surface area contributed by atoms with Crippen LogP contribution in [0.5, 0.6) is 0 Å². The molecular formula is C12H14N2S2. The Morgan fingerprint density at radius 3 is 3.06 bits per heavy atom. The van der Waals surface area contributed by atoms with Crippen molar-refractivity contribution in [1.29, 1.82) is 0 Å². The molecule has 2 rings (SSSR count). The molecule has 2 aromatic rings. The van der Waals surface area contributed by atoms with Crippen LogP contribution in [0.15, 0.2) is 17.5 Å². The lowest BCUT2D eigenvalue weighted by atomic mass is 10.1. The third-order valence-corrected chi connectivity index (χ3v) is 4.64. The molecule has 0 aromatic carbocycles. The summed E-state index contributed by atoms with van der Waals surface area (Å²) < 4.78 is 2.70. The highest BCUT2D eigenvalue weighted by Crippen LogP contribution is 2.34. The summed E-state index contributed by atoms with van der Waals surface area (Å²) >= 11 is 3.59. The molecule has 0 saturated heterocycles.